The molecular weight excluding hydrogens is 368 g/mol. The van der Waals surface area contributed by atoms with Crippen LogP contribution < -0.4 is 4.90 Å². The van der Waals surface area contributed by atoms with Gasteiger partial charge in [-0.3, -0.25) is 4.79 Å². The van der Waals surface area contributed by atoms with E-state index in [9.17, 15) is 13.2 Å². The molecule has 0 aromatic heterocycles. The lowest BCUT2D eigenvalue weighted by atomic mass is 9.99. The van der Waals surface area contributed by atoms with Gasteiger partial charge in [0.1, 0.15) is 5.88 Å². The fraction of sp³-hybridized carbons (Fsp3) is 0.500. The van der Waals surface area contributed by atoms with E-state index in [0.29, 0.717) is 5.17 Å². The number of carbonyl (C=O) groups is 1. The van der Waals surface area contributed by atoms with Crippen molar-refractivity contribution in [3.8, 4) is 0 Å². The van der Waals surface area contributed by atoms with Gasteiger partial charge in [-0.25, -0.2) is 8.42 Å². The summed E-state index contributed by atoms with van der Waals surface area (Å²) < 4.78 is 24.1. The van der Waals surface area contributed by atoms with Crippen molar-refractivity contribution in [3.63, 3.8) is 0 Å². The number of benzene rings is 1. The molecule has 2 fully saturated rings. The molecule has 0 saturated carbocycles. The van der Waals surface area contributed by atoms with Crippen molar-refractivity contribution >= 4 is 50.0 Å². The summed E-state index contributed by atoms with van der Waals surface area (Å²) in [6.07, 6.45) is 0. The fourth-order valence-electron chi connectivity index (χ4n) is 3.18. The van der Waals surface area contributed by atoms with Crippen molar-refractivity contribution in [1.29, 1.82) is 0 Å². The Kier molecular flexibility index (Phi) is 4.95. The normalized spacial score (nSPS) is 27.0. The lowest BCUT2D eigenvalue weighted by Gasteiger charge is -2.28. The van der Waals surface area contributed by atoms with E-state index < -0.39 is 15.7 Å². The third-order valence-electron chi connectivity index (χ3n) is 4.22. The Morgan fingerprint density at radius 3 is 2.75 bits per heavy atom. The van der Waals surface area contributed by atoms with Crippen LogP contribution in [-0.4, -0.2) is 48.2 Å². The van der Waals surface area contributed by atoms with E-state index in [4.69, 9.17) is 11.6 Å². The number of nitrogens with zero attached hydrogens (tertiary/aromatic N) is 2. The van der Waals surface area contributed by atoms with Crippen LogP contribution in [0.25, 0.3) is 0 Å². The van der Waals surface area contributed by atoms with E-state index in [1.807, 2.05) is 29.2 Å². The summed E-state index contributed by atoms with van der Waals surface area (Å²) in [5.74, 6) is -0.110. The Morgan fingerprint density at radius 2 is 2.08 bits per heavy atom. The highest BCUT2D eigenvalue weighted by molar-refractivity contribution is 8.16. The van der Waals surface area contributed by atoms with E-state index in [0.717, 1.165) is 11.3 Å². The molecule has 5 nitrogen and oxygen atoms in total. The number of amides is 1. The molecule has 2 saturated heterocycles. The largest absolute Gasteiger partial charge is 0.315 e. The molecule has 24 heavy (non-hydrogen) atoms. The number of aliphatic imine (C=N–C) groups is 1. The summed E-state index contributed by atoms with van der Waals surface area (Å²) in [6.45, 7) is 4.18. The molecule has 2 atom stereocenters. The van der Waals surface area contributed by atoms with Crippen LogP contribution in [0.15, 0.2) is 29.3 Å². The van der Waals surface area contributed by atoms with Gasteiger partial charge in [-0.15, -0.1) is 11.6 Å². The number of para-hydroxylation sites is 1. The zero-order chi connectivity index (χ0) is 17.5. The molecule has 2 aliphatic heterocycles. The first-order valence-electron chi connectivity index (χ1n) is 7.75. The summed E-state index contributed by atoms with van der Waals surface area (Å²) in [6, 6.07) is 7.68. The number of sulfone groups is 1. The van der Waals surface area contributed by atoms with E-state index in [1.165, 1.54) is 11.8 Å². The Balaban J connectivity index is 2.09. The smallest absolute Gasteiger partial charge is 0.262 e. The molecule has 8 heteroatoms. The minimum atomic E-state index is -3.07. The van der Waals surface area contributed by atoms with Crippen LogP contribution in [0.3, 0.4) is 0 Å². The number of amidine groups is 1. The first-order valence-corrected chi connectivity index (χ1v) is 11.0. The number of carbonyl (C=O) groups excluding carboxylic acids is 1. The Morgan fingerprint density at radius 1 is 1.38 bits per heavy atom. The van der Waals surface area contributed by atoms with Crippen LogP contribution in [0.1, 0.15) is 25.3 Å². The van der Waals surface area contributed by atoms with Crippen LogP contribution in [0, 0.1) is 0 Å². The maximum absolute atomic E-state index is 12.1. The van der Waals surface area contributed by atoms with Crippen molar-refractivity contribution in [1.82, 2.24) is 0 Å². The van der Waals surface area contributed by atoms with Gasteiger partial charge in [0.2, 0.25) is 0 Å². The molecule has 3 rings (SSSR count). The van der Waals surface area contributed by atoms with Crippen molar-refractivity contribution in [2.24, 2.45) is 4.99 Å². The number of alkyl halides is 1. The average Bonchev–Trinajstić information content (AvgIpc) is 2.97. The summed E-state index contributed by atoms with van der Waals surface area (Å²) >= 11 is 6.96. The maximum atomic E-state index is 12.1. The van der Waals surface area contributed by atoms with Crippen LogP contribution in [0.2, 0.25) is 0 Å². The summed E-state index contributed by atoms with van der Waals surface area (Å²) in [5, 5.41) is 0.454. The molecule has 1 amide bonds. The molecule has 130 valence electrons. The number of hydrogen-bond donors (Lipinski definition) is 0. The Hall–Kier alpha value is -1.05. The molecule has 0 N–H and O–H groups in total. The third kappa shape index (κ3) is 3.34. The lowest BCUT2D eigenvalue weighted by molar-refractivity contribution is -0.115. The molecule has 1 aromatic carbocycles. The molecule has 0 unspecified atom stereocenters. The zero-order valence-electron chi connectivity index (χ0n) is 13.5. The molecule has 0 radical (unpaired) electrons. The number of halogens is 1. The second-order valence-corrected chi connectivity index (χ2v) is 9.93. The van der Waals surface area contributed by atoms with E-state index in [2.05, 4.69) is 18.8 Å². The first kappa shape index (κ1) is 17.8. The predicted molar refractivity (Wildman–Crippen MR) is 100.0 cm³/mol. The highest BCUT2D eigenvalue weighted by Gasteiger charge is 2.49. The van der Waals surface area contributed by atoms with E-state index >= 15 is 0 Å². The summed E-state index contributed by atoms with van der Waals surface area (Å²) in [7, 11) is -3.07. The summed E-state index contributed by atoms with van der Waals surface area (Å²) in [4.78, 5) is 17.8. The SMILES string of the molecule is CC(C)c1ccccc1N1C(=NC(=O)CCl)S[C@H]2CS(=O)(=O)C[C@H]21. The second-order valence-electron chi connectivity index (χ2n) is 6.31. The predicted octanol–water partition coefficient (Wildman–Crippen LogP) is 2.65. The first-order chi connectivity index (χ1) is 11.3. The van der Waals surface area contributed by atoms with Crippen molar-refractivity contribution in [2.45, 2.75) is 31.1 Å². The van der Waals surface area contributed by atoms with Gasteiger partial charge in [0, 0.05) is 10.9 Å². The molecule has 2 heterocycles. The lowest BCUT2D eigenvalue weighted by Crippen LogP contribution is -2.38. The van der Waals surface area contributed by atoms with Crippen LogP contribution in [-0.2, 0) is 14.6 Å². The Labute approximate surface area is 151 Å². The van der Waals surface area contributed by atoms with Gasteiger partial charge in [0.15, 0.2) is 15.0 Å². The van der Waals surface area contributed by atoms with Crippen molar-refractivity contribution in [2.75, 3.05) is 22.3 Å². The standard InChI is InChI=1S/C16H19ClN2O3S2/c1-10(2)11-5-3-4-6-12(11)19-13-8-24(21,22)9-14(13)23-16(19)18-15(20)7-17/h3-6,10,13-14H,7-9H2,1-2H3/t13-,14+/m1/s1. The number of rotatable bonds is 3. The zero-order valence-corrected chi connectivity index (χ0v) is 15.9. The molecule has 2 aliphatic rings. The molecule has 0 aliphatic carbocycles. The van der Waals surface area contributed by atoms with Gasteiger partial charge in [0.05, 0.1) is 17.5 Å². The molecular formula is C16H19ClN2O3S2. The highest BCUT2D eigenvalue weighted by Crippen LogP contribution is 2.43. The van der Waals surface area contributed by atoms with Gasteiger partial charge in [0.25, 0.3) is 5.91 Å². The van der Waals surface area contributed by atoms with E-state index in [1.54, 1.807) is 0 Å². The van der Waals surface area contributed by atoms with Gasteiger partial charge in [-0.1, -0.05) is 43.8 Å². The van der Waals surface area contributed by atoms with Gasteiger partial charge < -0.3 is 4.90 Å². The van der Waals surface area contributed by atoms with Gasteiger partial charge in [-0.05, 0) is 17.5 Å². The summed E-state index contributed by atoms with van der Waals surface area (Å²) in [5.41, 5.74) is 2.03. The highest BCUT2D eigenvalue weighted by atomic mass is 35.5. The average molecular weight is 387 g/mol. The minimum absolute atomic E-state index is 0.0885. The fourth-order valence-corrected chi connectivity index (χ4v) is 7.16. The number of thioether (sulfide) groups is 1. The topological polar surface area (TPSA) is 66.8 Å². The monoisotopic (exact) mass is 386 g/mol. The minimum Gasteiger partial charge on any atom is -0.315 e. The third-order valence-corrected chi connectivity index (χ3v) is 7.66. The van der Waals surface area contributed by atoms with Crippen molar-refractivity contribution in [3.05, 3.63) is 29.8 Å². The van der Waals surface area contributed by atoms with Crippen molar-refractivity contribution < 1.29 is 13.2 Å². The second kappa shape index (κ2) is 6.69. The van der Waals surface area contributed by atoms with Crippen LogP contribution in [0.4, 0.5) is 5.69 Å². The number of hydrogen-bond acceptors (Lipinski definition) is 4. The number of anilines is 1. The molecule has 0 bridgehead atoms. The van der Waals surface area contributed by atoms with Gasteiger partial charge >= 0.3 is 0 Å². The Bertz CT molecular complexity index is 792. The van der Waals surface area contributed by atoms with E-state index in [-0.39, 0.29) is 34.6 Å². The molecule has 0 spiro atoms. The van der Waals surface area contributed by atoms with Crippen LogP contribution in [0.5, 0.6) is 0 Å². The van der Waals surface area contributed by atoms with Crippen LogP contribution >= 0.6 is 23.4 Å². The van der Waals surface area contributed by atoms with Gasteiger partial charge in [-0.2, -0.15) is 4.99 Å². The maximum Gasteiger partial charge on any atom is 0.262 e. The quantitative estimate of drug-likeness (QED) is 0.747. The molecule has 1 aromatic rings. The number of fused-ring (bicyclic) bond motifs is 1.